The number of nitrogens with two attached hydrogens (primary N) is 1. The Morgan fingerprint density at radius 2 is 1.80 bits per heavy atom. The van der Waals surface area contributed by atoms with Gasteiger partial charge in [-0.25, -0.2) is 14.1 Å². The van der Waals surface area contributed by atoms with Gasteiger partial charge in [0.25, 0.3) is 5.56 Å². The molecule has 27 heteroatoms. The molecule has 4 rings (SSSR count). The van der Waals surface area contributed by atoms with Crippen LogP contribution in [0.15, 0.2) is 16.2 Å². The number of carbonyl (C=O) groups is 1. The van der Waals surface area contributed by atoms with E-state index < -0.39 is 102 Å². The molecular formula is C18H27N9O16P2. The van der Waals surface area contributed by atoms with Gasteiger partial charge in [0.2, 0.25) is 11.9 Å². The van der Waals surface area contributed by atoms with Gasteiger partial charge in [-0.1, -0.05) is 5.11 Å². The first-order valence-electron chi connectivity index (χ1n) is 12.4. The highest BCUT2D eigenvalue weighted by atomic mass is 31.3. The van der Waals surface area contributed by atoms with E-state index in [9.17, 15) is 54.0 Å². The lowest BCUT2D eigenvalue weighted by atomic mass is 9.99. The maximum atomic E-state index is 12.5. The number of aromatic nitrogens is 4. The van der Waals surface area contributed by atoms with Crippen LogP contribution in [0, 0.1) is 0 Å². The third-order valence-electron chi connectivity index (χ3n) is 6.35. The first-order valence-corrected chi connectivity index (χ1v) is 15.4. The number of phosphoric ester groups is 2. The van der Waals surface area contributed by atoms with Crippen LogP contribution in [0.2, 0.25) is 0 Å². The zero-order chi connectivity index (χ0) is 33.3. The van der Waals surface area contributed by atoms with Gasteiger partial charge in [-0.15, -0.1) is 0 Å². The molecule has 0 spiro atoms. The fraction of sp³-hybridized carbons (Fsp3) is 0.667. The standard InChI is InChI=1S/C18H27N9O16P2/c19-18-24-14-8(15(34)25-18)22-4-27(14)16-12(32)10(30)6(40-16)3-39-44(35,36)43-45(37,38)42-17-13(33)11(31)9(29)5(41-17)1-21-7(28)2-23-26-20/h4-6,9-13,16-17,29-33H,1-3H2,(H,21,28)(H,35,36)(H,37,38)(H3,19,24,25,34)/t5?,6-,9-,10?,11?,12?,13?,16-,17-/m1/s1. The molecule has 250 valence electrons. The van der Waals surface area contributed by atoms with Gasteiger partial charge in [0.05, 0.1) is 12.9 Å². The highest BCUT2D eigenvalue weighted by molar-refractivity contribution is 7.61. The number of azide groups is 1. The van der Waals surface area contributed by atoms with E-state index in [4.69, 9.17) is 20.7 Å². The molecule has 2 fully saturated rings. The Kier molecular flexibility index (Phi) is 10.6. The lowest BCUT2D eigenvalue weighted by molar-refractivity contribution is -0.273. The number of ether oxygens (including phenoxy) is 2. The summed E-state index contributed by atoms with van der Waals surface area (Å²) in [7, 11) is -11.3. The number of fused-ring (bicyclic) bond motifs is 1. The third-order valence-corrected chi connectivity index (χ3v) is 8.95. The van der Waals surface area contributed by atoms with Crippen molar-refractivity contribution in [2.24, 2.45) is 5.11 Å². The Bertz CT molecular complexity index is 1600. The van der Waals surface area contributed by atoms with Crippen LogP contribution in [0.3, 0.4) is 0 Å². The molecular weight excluding hydrogens is 660 g/mol. The summed E-state index contributed by atoms with van der Waals surface area (Å²) in [5, 5.41) is 56.3. The highest BCUT2D eigenvalue weighted by Gasteiger charge is 2.50. The second-order valence-electron chi connectivity index (χ2n) is 9.45. The number of anilines is 1. The Labute approximate surface area is 248 Å². The fourth-order valence-corrected chi connectivity index (χ4v) is 6.39. The summed E-state index contributed by atoms with van der Waals surface area (Å²) in [6, 6.07) is 0. The summed E-state index contributed by atoms with van der Waals surface area (Å²) in [6.07, 6.45) is -15.5. The van der Waals surface area contributed by atoms with Crippen molar-refractivity contribution in [3.05, 3.63) is 27.1 Å². The van der Waals surface area contributed by atoms with E-state index >= 15 is 0 Å². The second-order valence-corrected chi connectivity index (χ2v) is 12.4. The van der Waals surface area contributed by atoms with Gasteiger partial charge in [-0.2, -0.15) is 9.29 Å². The van der Waals surface area contributed by atoms with Crippen LogP contribution in [0.1, 0.15) is 6.23 Å². The number of aliphatic hydroxyl groups is 5. The molecule has 0 saturated carbocycles. The molecule has 1 amide bonds. The molecule has 0 bridgehead atoms. The molecule has 45 heavy (non-hydrogen) atoms. The Balaban J connectivity index is 1.36. The van der Waals surface area contributed by atoms with Gasteiger partial charge in [0.15, 0.2) is 23.7 Å². The molecule has 25 nitrogen and oxygen atoms in total. The Morgan fingerprint density at radius 1 is 1.11 bits per heavy atom. The topological polar surface area (TPSA) is 389 Å². The van der Waals surface area contributed by atoms with Crippen molar-refractivity contribution in [1.82, 2.24) is 24.8 Å². The molecule has 2 aliphatic rings. The van der Waals surface area contributed by atoms with E-state index in [-0.39, 0.29) is 17.1 Å². The van der Waals surface area contributed by atoms with Crippen molar-refractivity contribution < 1.29 is 72.1 Å². The van der Waals surface area contributed by atoms with Gasteiger partial charge >= 0.3 is 15.6 Å². The van der Waals surface area contributed by atoms with Crippen LogP contribution in [0.25, 0.3) is 21.6 Å². The van der Waals surface area contributed by atoms with Crippen molar-refractivity contribution >= 4 is 38.7 Å². The van der Waals surface area contributed by atoms with E-state index in [0.717, 1.165) is 10.9 Å². The SMILES string of the molecule is [N-]=[N+]=NCC(=O)NCC1O[C@H](OP(=O)(O)OP(=O)(O)OC[C@H]2O[C@@H](n3cnc4c(=O)[nH]c(N)nc43)C(O)C2O)C(O)C(O)[C@@H]1O. The summed E-state index contributed by atoms with van der Waals surface area (Å²) in [5.41, 5.74) is 12.8. The van der Waals surface area contributed by atoms with Crippen LogP contribution in [-0.2, 0) is 36.8 Å². The Morgan fingerprint density at radius 3 is 2.49 bits per heavy atom. The van der Waals surface area contributed by atoms with Gasteiger partial charge in [-0.05, 0) is 5.53 Å². The van der Waals surface area contributed by atoms with E-state index in [1.54, 1.807) is 0 Å². The number of aliphatic hydroxyl groups excluding tert-OH is 5. The van der Waals surface area contributed by atoms with Crippen LogP contribution in [0.5, 0.6) is 0 Å². The predicted octanol–water partition coefficient (Wildman–Crippen LogP) is -4.19. The lowest BCUT2D eigenvalue weighted by Crippen LogP contribution is -2.60. The summed E-state index contributed by atoms with van der Waals surface area (Å²) < 4.78 is 49.9. The average Bonchev–Trinajstić information content (AvgIpc) is 3.50. The number of H-pyrrole nitrogens is 1. The van der Waals surface area contributed by atoms with Crippen molar-refractivity contribution in [3.8, 4) is 0 Å². The quantitative estimate of drug-likeness (QED) is 0.0437. The van der Waals surface area contributed by atoms with Crippen molar-refractivity contribution in [2.75, 3.05) is 25.4 Å². The first-order chi connectivity index (χ1) is 21.0. The number of amides is 1. The third kappa shape index (κ3) is 8.01. The predicted molar refractivity (Wildman–Crippen MR) is 140 cm³/mol. The molecule has 11 N–H and O–H groups in total. The number of nitrogens with zero attached hydrogens (tertiary/aromatic N) is 6. The maximum Gasteiger partial charge on any atom is 0.483 e. The number of imidazole rings is 1. The van der Waals surface area contributed by atoms with Crippen LogP contribution >= 0.6 is 15.6 Å². The van der Waals surface area contributed by atoms with Gasteiger partial charge in [0, 0.05) is 11.5 Å². The van der Waals surface area contributed by atoms with Crippen molar-refractivity contribution in [1.29, 1.82) is 0 Å². The Hall–Kier alpha value is -3.09. The smallest absolute Gasteiger partial charge is 0.388 e. The van der Waals surface area contributed by atoms with Gasteiger partial charge < -0.3 is 55.8 Å². The lowest BCUT2D eigenvalue weighted by Gasteiger charge is -2.40. The molecule has 0 aromatic carbocycles. The minimum absolute atomic E-state index is 0.133. The first kappa shape index (κ1) is 34.8. The molecule has 2 aromatic rings. The number of rotatable bonds is 12. The molecule has 7 unspecified atom stereocenters. The normalized spacial score (nSPS) is 32.8. The molecule has 2 aromatic heterocycles. The summed E-state index contributed by atoms with van der Waals surface area (Å²) in [5.74, 6) is -1.13. The van der Waals surface area contributed by atoms with Crippen LogP contribution < -0.4 is 16.6 Å². The molecule has 0 radical (unpaired) electrons. The number of nitrogen functional groups attached to an aromatic ring is 1. The number of aromatic amines is 1. The number of carbonyl (C=O) groups excluding carboxylic acids is 1. The minimum atomic E-state index is -5.70. The molecule has 2 aliphatic heterocycles. The molecule has 4 heterocycles. The molecule has 0 aliphatic carbocycles. The largest absolute Gasteiger partial charge is 0.483 e. The van der Waals surface area contributed by atoms with E-state index in [2.05, 4.69) is 43.7 Å². The summed E-state index contributed by atoms with van der Waals surface area (Å²) in [6.45, 7) is -2.24. The fourth-order valence-electron chi connectivity index (χ4n) is 4.24. The summed E-state index contributed by atoms with van der Waals surface area (Å²) >= 11 is 0. The second kappa shape index (κ2) is 13.7. The minimum Gasteiger partial charge on any atom is -0.388 e. The van der Waals surface area contributed by atoms with E-state index in [1.165, 1.54) is 0 Å². The van der Waals surface area contributed by atoms with Gasteiger partial charge in [0.1, 0.15) is 49.3 Å². The van der Waals surface area contributed by atoms with Crippen molar-refractivity contribution in [3.63, 3.8) is 0 Å². The average molecular weight is 687 g/mol. The van der Waals surface area contributed by atoms with Crippen LogP contribution in [-0.4, -0.2) is 129 Å². The van der Waals surface area contributed by atoms with E-state index in [1.807, 2.05) is 0 Å². The summed E-state index contributed by atoms with van der Waals surface area (Å²) in [4.78, 5) is 56.0. The molecule has 2 saturated heterocycles. The number of nitrogens with one attached hydrogen (secondary N) is 2. The monoisotopic (exact) mass is 687 g/mol. The van der Waals surface area contributed by atoms with Gasteiger partial charge in [-0.3, -0.25) is 28.2 Å². The highest BCUT2D eigenvalue weighted by Crippen LogP contribution is 2.61. The number of hydrogen-bond donors (Lipinski definition) is 10. The number of hydrogen-bond acceptors (Lipinski definition) is 18. The molecule has 11 atom stereocenters. The maximum absolute atomic E-state index is 12.5. The van der Waals surface area contributed by atoms with E-state index in [0.29, 0.717) is 0 Å². The zero-order valence-electron chi connectivity index (χ0n) is 22.4. The van der Waals surface area contributed by atoms with Crippen LogP contribution in [0.4, 0.5) is 5.95 Å². The zero-order valence-corrected chi connectivity index (χ0v) is 24.1. The number of phosphoric acid groups is 2. The van der Waals surface area contributed by atoms with Crippen molar-refractivity contribution in [2.45, 2.75) is 55.2 Å².